The third-order valence-corrected chi connectivity index (χ3v) is 4.10. The van der Waals surface area contributed by atoms with E-state index in [0.29, 0.717) is 21.5 Å². The van der Waals surface area contributed by atoms with Crippen molar-refractivity contribution in [3.63, 3.8) is 0 Å². The van der Waals surface area contributed by atoms with Crippen LogP contribution in [0.4, 0.5) is 0 Å². The van der Waals surface area contributed by atoms with Crippen LogP contribution in [0.5, 0.6) is 11.5 Å². The number of aryl methyl sites for hydroxylation is 1. The van der Waals surface area contributed by atoms with E-state index in [-0.39, 0.29) is 0 Å². The lowest BCUT2D eigenvalue weighted by atomic mass is 10.1. The normalized spacial score (nSPS) is 10.6. The van der Waals surface area contributed by atoms with Gasteiger partial charge in [-0.2, -0.15) is 0 Å². The summed E-state index contributed by atoms with van der Waals surface area (Å²) in [5.41, 5.74) is 2.56. The van der Waals surface area contributed by atoms with Crippen LogP contribution in [0, 0.1) is 0 Å². The molecule has 3 rings (SSSR count). The lowest BCUT2D eigenvalue weighted by Crippen LogP contribution is -1.95. The second kappa shape index (κ2) is 7.65. The number of para-hydroxylation sites is 2. The molecular formula is C19H16Cl2N2O. The average molecular weight is 359 g/mol. The highest BCUT2D eigenvalue weighted by Crippen LogP contribution is 2.39. The maximum Gasteiger partial charge on any atom is 0.164 e. The van der Waals surface area contributed by atoms with Gasteiger partial charge in [0.1, 0.15) is 5.75 Å². The minimum absolute atomic E-state index is 0.434. The largest absolute Gasteiger partial charge is 0.454 e. The first kappa shape index (κ1) is 16.7. The molecule has 0 fully saturated rings. The fraction of sp³-hybridized carbons (Fsp3) is 0.158. The van der Waals surface area contributed by atoms with E-state index in [1.54, 1.807) is 30.6 Å². The molecule has 0 aliphatic carbocycles. The monoisotopic (exact) mass is 358 g/mol. The molecule has 0 aliphatic rings. The van der Waals surface area contributed by atoms with E-state index in [1.165, 1.54) is 0 Å². The van der Waals surface area contributed by atoms with Gasteiger partial charge < -0.3 is 4.74 Å². The molecule has 24 heavy (non-hydrogen) atoms. The van der Waals surface area contributed by atoms with Crippen molar-refractivity contribution < 1.29 is 4.74 Å². The van der Waals surface area contributed by atoms with Crippen molar-refractivity contribution >= 4 is 23.2 Å². The molecule has 0 N–H and O–H groups in total. The average Bonchev–Trinajstić information content (AvgIpc) is 2.60. The number of aromatic nitrogens is 2. The number of nitrogens with zero attached hydrogens (tertiary/aromatic N) is 2. The van der Waals surface area contributed by atoms with Crippen molar-refractivity contribution in [2.75, 3.05) is 0 Å². The number of hydrogen-bond donors (Lipinski definition) is 0. The van der Waals surface area contributed by atoms with Gasteiger partial charge in [0.2, 0.25) is 0 Å². The van der Waals surface area contributed by atoms with Crippen LogP contribution < -0.4 is 4.74 Å². The molecule has 2 aromatic carbocycles. The van der Waals surface area contributed by atoms with E-state index in [4.69, 9.17) is 27.9 Å². The first-order valence-electron chi connectivity index (χ1n) is 7.71. The summed E-state index contributed by atoms with van der Waals surface area (Å²) < 4.78 is 5.97. The minimum Gasteiger partial charge on any atom is -0.454 e. The van der Waals surface area contributed by atoms with E-state index in [0.717, 1.165) is 29.8 Å². The molecule has 0 saturated carbocycles. The summed E-state index contributed by atoms with van der Waals surface area (Å²) in [4.78, 5) is 8.96. The highest BCUT2D eigenvalue weighted by atomic mass is 35.5. The van der Waals surface area contributed by atoms with Gasteiger partial charge in [0.05, 0.1) is 27.6 Å². The molecule has 5 heteroatoms. The zero-order chi connectivity index (χ0) is 16.9. The van der Waals surface area contributed by atoms with Gasteiger partial charge in [-0.25, -0.2) is 0 Å². The molecule has 0 atom stereocenters. The molecule has 0 saturated heterocycles. The van der Waals surface area contributed by atoms with Gasteiger partial charge >= 0.3 is 0 Å². The fourth-order valence-corrected chi connectivity index (χ4v) is 2.81. The van der Waals surface area contributed by atoms with Crippen LogP contribution in [-0.2, 0) is 6.42 Å². The number of halogens is 2. The van der Waals surface area contributed by atoms with Crippen LogP contribution in [0.3, 0.4) is 0 Å². The van der Waals surface area contributed by atoms with Crippen molar-refractivity contribution in [3.8, 4) is 22.8 Å². The Morgan fingerprint density at radius 3 is 2.33 bits per heavy atom. The zero-order valence-electron chi connectivity index (χ0n) is 13.2. The summed E-state index contributed by atoms with van der Waals surface area (Å²) in [6.07, 6.45) is 5.53. The first-order valence-corrected chi connectivity index (χ1v) is 8.47. The third-order valence-electron chi connectivity index (χ3n) is 3.51. The van der Waals surface area contributed by atoms with E-state index >= 15 is 0 Å². The molecule has 122 valence electrons. The Kier molecular flexibility index (Phi) is 5.34. The summed E-state index contributed by atoms with van der Waals surface area (Å²) in [6.45, 7) is 2.12. The van der Waals surface area contributed by atoms with Crippen LogP contribution in [0.1, 0.15) is 19.0 Å². The van der Waals surface area contributed by atoms with Crippen LogP contribution in [0.25, 0.3) is 11.3 Å². The maximum absolute atomic E-state index is 6.20. The van der Waals surface area contributed by atoms with Crippen LogP contribution >= 0.6 is 23.2 Å². The number of rotatable bonds is 5. The van der Waals surface area contributed by atoms with Crippen LogP contribution in [0.2, 0.25) is 10.0 Å². The van der Waals surface area contributed by atoms with Gasteiger partial charge in [0.25, 0.3) is 0 Å². The second-order valence-electron chi connectivity index (χ2n) is 5.29. The van der Waals surface area contributed by atoms with E-state index < -0.39 is 0 Å². The lowest BCUT2D eigenvalue weighted by molar-refractivity contribution is 0.485. The Bertz CT molecular complexity index is 815. The second-order valence-corrected chi connectivity index (χ2v) is 6.11. The Hall–Kier alpha value is -2.10. The van der Waals surface area contributed by atoms with Crippen molar-refractivity contribution in [2.45, 2.75) is 19.8 Å². The summed E-state index contributed by atoms with van der Waals surface area (Å²) in [5.74, 6) is 1.06. The molecule has 0 amide bonds. The molecule has 1 aromatic heterocycles. The van der Waals surface area contributed by atoms with Gasteiger partial charge in [0, 0.05) is 11.8 Å². The number of hydrogen-bond acceptors (Lipinski definition) is 3. The molecule has 0 aliphatic heterocycles. The van der Waals surface area contributed by atoms with Crippen molar-refractivity contribution in [1.82, 2.24) is 9.97 Å². The fourth-order valence-electron chi connectivity index (χ4n) is 2.34. The Balaban J connectivity index is 1.96. The van der Waals surface area contributed by atoms with Gasteiger partial charge in [-0.1, -0.05) is 54.7 Å². The first-order chi connectivity index (χ1) is 11.7. The summed E-state index contributed by atoms with van der Waals surface area (Å²) in [6, 6.07) is 12.9. The van der Waals surface area contributed by atoms with Crippen molar-refractivity contribution in [1.29, 1.82) is 0 Å². The van der Waals surface area contributed by atoms with E-state index in [1.807, 2.05) is 24.3 Å². The van der Waals surface area contributed by atoms with Crippen molar-refractivity contribution in [2.24, 2.45) is 0 Å². The summed E-state index contributed by atoms with van der Waals surface area (Å²) in [7, 11) is 0. The number of ether oxygens (including phenoxy) is 1. The standard InChI is InChI=1S/C19H16Cl2N2O/c1-2-6-13-11-23-17(12-22-13)14-7-3-4-10-18(14)24-19-15(20)8-5-9-16(19)21/h3-5,7-12H,2,6H2,1H3. The predicted octanol–water partition coefficient (Wildman–Crippen LogP) is 6.20. The Morgan fingerprint density at radius 1 is 0.917 bits per heavy atom. The topological polar surface area (TPSA) is 35.0 Å². The SMILES string of the molecule is CCCc1cnc(-c2ccccc2Oc2c(Cl)cccc2Cl)cn1. The molecule has 0 radical (unpaired) electrons. The van der Waals surface area contributed by atoms with E-state index in [9.17, 15) is 0 Å². The number of benzene rings is 2. The van der Waals surface area contributed by atoms with Gasteiger partial charge in [-0.15, -0.1) is 0 Å². The highest BCUT2D eigenvalue weighted by molar-refractivity contribution is 6.37. The zero-order valence-corrected chi connectivity index (χ0v) is 14.7. The Labute approximate surface area is 151 Å². The summed E-state index contributed by atoms with van der Waals surface area (Å²) >= 11 is 12.4. The maximum atomic E-state index is 6.20. The van der Waals surface area contributed by atoms with Gasteiger partial charge in [0.15, 0.2) is 5.75 Å². The third kappa shape index (κ3) is 3.69. The minimum atomic E-state index is 0.434. The molecule has 3 nitrogen and oxygen atoms in total. The molecule has 1 heterocycles. The smallest absolute Gasteiger partial charge is 0.164 e. The van der Waals surface area contributed by atoms with E-state index in [2.05, 4.69) is 16.9 Å². The van der Waals surface area contributed by atoms with Crippen molar-refractivity contribution in [3.05, 3.63) is 70.6 Å². The van der Waals surface area contributed by atoms with Gasteiger partial charge in [-0.3, -0.25) is 9.97 Å². The molecule has 0 spiro atoms. The van der Waals surface area contributed by atoms with Gasteiger partial charge in [-0.05, 0) is 30.7 Å². The predicted molar refractivity (Wildman–Crippen MR) is 98.0 cm³/mol. The summed E-state index contributed by atoms with van der Waals surface area (Å²) in [5, 5.41) is 0.920. The van der Waals surface area contributed by atoms with Crippen LogP contribution in [0.15, 0.2) is 54.9 Å². The Morgan fingerprint density at radius 2 is 1.67 bits per heavy atom. The molecule has 0 unspecified atom stereocenters. The lowest BCUT2D eigenvalue weighted by Gasteiger charge is -2.13. The van der Waals surface area contributed by atoms with Crippen LogP contribution in [-0.4, -0.2) is 9.97 Å². The quantitative estimate of drug-likeness (QED) is 0.544. The molecule has 3 aromatic rings. The highest BCUT2D eigenvalue weighted by Gasteiger charge is 2.13. The molecule has 0 bridgehead atoms. The molecular weight excluding hydrogens is 343 g/mol.